The number of nitriles is 1. The second-order valence-corrected chi connectivity index (χ2v) is 7.46. The van der Waals surface area contributed by atoms with E-state index in [4.69, 9.17) is 4.74 Å². The highest BCUT2D eigenvalue weighted by Gasteiger charge is 2.27. The molecular formula is C21H19N3O4S. The van der Waals surface area contributed by atoms with E-state index >= 15 is 0 Å². The van der Waals surface area contributed by atoms with Crippen molar-refractivity contribution < 1.29 is 14.5 Å². The molecule has 8 heteroatoms. The lowest BCUT2D eigenvalue weighted by atomic mass is 10.1. The van der Waals surface area contributed by atoms with Crippen molar-refractivity contribution in [1.82, 2.24) is 4.40 Å². The van der Waals surface area contributed by atoms with Crippen LogP contribution in [0.4, 0.5) is 5.69 Å². The molecule has 0 saturated heterocycles. The van der Waals surface area contributed by atoms with E-state index < -0.39 is 10.9 Å². The molecule has 0 radical (unpaired) electrons. The van der Waals surface area contributed by atoms with E-state index in [0.29, 0.717) is 21.5 Å². The van der Waals surface area contributed by atoms with Gasteiger partial charge in [0, 0.05) is 23.6 Å². The maximum atomic E-state index is 12.7. The van der Waals surface area contributed by atoms with Crippen molar-refractivity contribution in [3.8, 4) is 6.07 Å². The molecule has 0 unspecified atom stereocenters. The first kappa shape index (κ1) is 20.4. The smallest absolute Gasteiger partial charge is 0.356 e. The second kappa shape index (κ2) is 8.37. The minimum atomic E-state index is -0.529. The van der Waals surface area contributed by atoms with E-state index in [2.05, 4.69) is 6.07 Å². The predicted octanol–water partition coefficient (Wildman–Crippen LogP) is 4.81. The average Bonchev–Trinajstić information content (AvgIpc) is 3.00. The number of ether oxygens (including phenoxy) is 1. The summed E-state index contributed by atoms with van der Waals surface area (Å²) in [5, 5.41) is 21.1. The van der Waals surface area contributed by atoms with Crippen LogP contribution in [0.25, 0.3) is 5.52 Å². The fourth-order valence-corrected chi connectivity index (χ4v) is 4.48. The Labute approximate surface area is 172 Å². The molecular weight excluding hydrogens is 390 g/mol. The molecule has 3 rings (SSSR count). The van der Waals surface area contributed by atoms with Crippen LogP contribution in [0.5, 0.6) is 0 Å². The van der Waals surface area contributed by atoms with Gasteiger partial charge >= 0.3 is 5.97 Å². The summed E-state index contributed by atoms with van der Waals surface area (Å²) in [4.78, 5) is 24.1. The van der Waals surface area contributed by atoms with Crippen LogP contribution < -0.4 is 0 Å². The fourth-order valence-electron chi connectivity index (χ4n) is 3.33. The summed E-state index contributed by atoms with van der Waals surface area (Å²) in [6.07, 6.45) is 1.80. The minimum absolute atomic E-state index is 0.00646. The van der Waals surface area contributed by atoms with Gasteiger partial charge in [0.2, 0.25) is 0 Å². The van der Waals surface area contributed by atoms with Crippen molar-refractivity contribution in [2.45, 2.75) is 31.4 Å². The van der Waals surface area contributed by atoms with Crippen LogP contribution in [0, 0.1) is 35.3 Å². The summed E-state index contributed by atoms with van der Waals surface area (Å²) in [6, 6.07) is 10.6. The van der Waals surface area contributed by atoms with Gasteiger partial charge in [-0.3, -0.25) is 10.1 Å². The van der Waals surface area contributed by atoms with Crippen molar-refractivity contribution in [3.05, 3.63) is 74.6 Å². The molecule has 148 valence electrons. The number of aryl methyl sites for hydroxylation is 2. The number of nitro groups is 1. The van der Waals surface area contributed by atoms with Crippen LogP contribution in [0.1, 0.15) is 39.7 Å². The third-order valence-corrected chi connectivity index (χ3v) is 5.59. The molecule has 0 saturated carbocycles. The molecule has 0 bridgehead atoms. The molecule has 1 aromatic carbocycles. The van der Waals surface area contributed by atoms with Crippen molar-refractivity contribution >= 4 is 28.9 Å². The quantitative estimate of drug-likeness (QED) is 0.251. The van der Waals surface area contributed by atoms with Crippen molar-refractivity contribution in [3.63, 3.8) is 0 Å². The number of hydrogen-bond acceptors (Lipinski definition) is 6. The molecule has 0 spiro atoms. The lowest BCUT2D eigenvalue weighted by Crippen LogP contribution is -2.09. The van der Waals surface area contributed by atoms with Gasteiger partial charge in [-0.05, 0) is 31.9 Å². The topological polar surface area (TPSA) is 97.6 Å². The summed E-state index contributed by atoms with van der Waals surface area (Å²) >= 11 is 1.23. The molecule has 0 aliphatic rings. The number of nitro benzene ring substituents is 1. The Morgan fingerprint density at radius 3 is 2.72 bits per heavy atom. The first-order chi connectivity index (χ1) is 13.9. The van der Waals surface area contributed by atoms with Gasteiger partial charge in [-0.1, -0.05) is 24.3 Å². The molecule has 7 nitrogen and oxygen atoms in total. The molecule has 2 aromatic heterocycles. The molecule has 0 aliphatic heterocycles. The molecule has 29 heavy (non-hydrogen) atoms. The zero-order valence-corrected chi connectivity index (χ0v) is 17.1. The summed E-state index contributed by atoms with van der Waals surface area (Å²) in [5.74, 6) is -0.285. The first-order valence-corrected chi connectivity index (χ1v) is 9.95. The number of carbonyl (C=O) groups is 1. The van der Waals surface area contributed by atoms with Gasteiger partial charge in [0.15, 0.2) is 0 Å². The third kappa shape index (κ3) is 3.82. The van der Waals surface area contributed by atoms with Gasteiger partial charge in [0.1, 0.15) is 11.8 Å². The van der Waals surface area contributed by atoms with Gasteiger partial charge < -0.3 is 9.14 Å². The second-order valence-electron chi connectivity index (χ2n) is 6.48. The highest BCUT2D eigenvalue weighted by atomic mass is 32.2. The lowest BCUT2D eigenvalue weighted by molar-refractivity contribution is -0.385. The largest absolute Gasteiger partial charge is 0.461 e. The number of benzene rings is 1. The maximum Gasteiger partial charge on any atom is 0.356 e. The molecule has 2 heterocycles. The van der Waals surface area contributed by atoms with Gasteiger partial charge in [0.25, 0.3) is 5.69 Å². The van der Waals surface area contributed by atoms with E-state index in [-0.39, 0.29) is 23.7 Å². The van der Waals surface area contributed by atoms with Crippen molar-refractivity contribution in [1.29, 1.82) is 5.26 Å². The van der Waals surface area contributed by atoms with Gasteiger partial charge in [-0.15, -0.1) is 11.8 Å². The van der Waals surface area contributed by atoms with E-state index in [0.717, 1.165) is 11.1 Å². The summed E-state index contributed by atoms with van der Waals surface area (Å²) in [7, 11) is 0. The van der Waals surface area contributed by atoms with Crippen molar-refractivity contribution in [2.24, 2.45) is 0 Å². The fraction of sp³-hybridized carbons (Fsp3) is 0.238. The van der Waals surface area contributed by atoms with E-state index in [9.17, 15) is 20.2 Å². The Morgan fingerprint density at radius 2 is 2.07 bits per heavy atom. The Morgan fingerprint density at radius 1 is 1.34 bits per heavy atom. The van der Waals surface area contributed by atoms with E-state index in [1.54, 1.807) is 35.7 Å². The number of para-hydroxylation sites is 1. The monoisotopic (exact) mass is 409 g/mol. The summed E-state index contributed by atoms with van der Waals surface area (Å²) in [5.41, 5.74) is 3.62. The highest BCUT2D eigenvalue weighted by molar-refractivity contribution is 7.98. The van der Waals surface area contributed by atoms with Crippen LogP contribution in [-0.2, 0) is 10.5 Å². The van der Waals surface area contributed by atoms with Gasteiger partial charge in [-0.25, -0.2) is 4.79 Å². The number of hydrogen-bond donors (Lipinski definition) is 0. The van der Waals surface area contributed by atoms with Crippen LogP contribution >= 0.6 is 11.8 Å². The SMILES string of the molecule is CCOC(=O)c1c(SCc2ccccc2[N+](=O)[O-])c(C#N)c2c(C)cc(C)cn12. The standard InChI is InChI=1S/C21H19N3O4S/c1-4-28-21(25)19-20(29-12-15-7-5-6-8-17(15)24(26)27)16(10-22)18-14(3)9-13(2)11-23(18)19/h5-9,11H,4,12H2,1-3H3. The Kier molecular flexibility index (Phi) is 5.89. The number of pyridine rings is 1. The van der Waals surface area contributed by atoms with Crippen LogP contribution in [-0.4, -0.2) is 21.9 Å². The number of nitrogens with zero attached hydrogens (tertiary/aromatic N) is 3. The molecule has 3 aromatic rings. The number of aromatic nitrogens is 1. The zero-order valence-electron chi connectivity index (χ0n) is 16.3. The van der Waals surface area contributed by atoms with Gasteiger partial charge in [0.05, 0.1) is 27.5 Å². The number of thioether (sulfide) groups is 1. The number of rotatable bonds is 6. The summed E-state index contributed by atoms with van der Waals surface area (Å²) in [6.45, 7) is 5.71. The Hall–Kier alpha value is -3.31. The number of carbonyl (C=O) groups excluding carboxylic acids is 1. The third-order valence-electron chi connectivity index (χ3n) is 4.45. The maximum absolute atomic E-state index is 12.7. The Bertz CT molecular complexity index is 1160. The Balaban J connectivity index is 2.17. The first-order valence-electron chi connectivity index (χ1n) is 8.96. The predicted molar refractivity (Wildman–Crippen MR) is 110 cm³/mol. The zero-order chi connectivity index (χ0) is 21.1. The number of esters is 1. The van der Waals surface area contributed by atoms with E-state index in [1.165, 1.54) is 17.8 Å². The summed E-state index contributed by atoms with van der Waals surface area (Å²) < 4.78 is 6.93. The average molecular weight is 409 g/mol. The molecule has 0 N–H and O–H groups in total. The molecule has 0 aliphatic carbocycles. The number of fused-ring (bicyclic) bond motifs is 1. The van der Waals surface area contributed by atoms with Gasteiger partial charge in [-0.2, -0.15) is 5.26 Å². The van der Waals surface area contributed by atoms with Crippen LogP contribution in [0.15, 0.2) is 41.4 Å². The van der Waals surface area contributed by atoms with Crippen LogP contribution in [0.2, 0.25) is 0 Å². The lowest BCUT2D eigenvalue weighted by Gasteiger charge is -2.08. The normalized spacial score (nSPS) is 10.7. The molecule has 0 fully saturated rings. The minimum Gasteiger partial charge on any atom is -0.461 e. The van der Waals surface area contributed by atoms with Crippen molar-refractivity contribution in [2.75, 3.05) is 6.61 Å². The highest BCUT2D eigenvalue weighted by Crippen LogP contribution is 2.37. The molecule has 0 amide bonds. The molecule has 0 atom stereocenters. The van der Waals surface area contributed by atoms with E-state index in [1.807, 2.05) is 19.9 Å². The van der Waals surface area contributed by atoms with Crippen LogP contribution in [0.3, 0.4) is 0 Å².